The molecule has 20 heavy (non-hydrogen) atoms. The number of phenols is 1. The highest BCUT2D eigenvalue weighted by atomic mass is 19.1. The van der Waals surface area contributed by atoms with E-state index in [2.05, 4.69) is 5.32 Å². The van der Waals surface area contributed by atoms with Gasteiger partial charge in [0.1, 0.15) is 11.6 Å². The first-order valence-electron chi connectivity index (χ1n) is 6.04. The van der Waals surface area contributed by atoms with Gasteiger partial charge in [-0.3, -0.25) is 4.79 Å². The molecule has 1 amide bonds. The van der Waals surface area contributed by atoms with E-state index in [0.717, 1.165) is 11.8 Å². The van der Waals surface area contributed by atoms with Crippen LogP contribution in [0.2, 0.25) is 0 Å². The van der Waals surface area contributed by atoms with E-state index >= 15 is 0 Å². The summed E-state index contributed by atoms with van der Waals surface area (Å²) in [5.41, 5.74) is 1.46. The van der Waals surface area contributed by atoms with Gasteiger partial charge in [-0.15, -0.1) is 0 Å². The van der Waals surface area contributed by atoms with E-state index in [1.165, 1.54) is 12.1 Å². The van der Waals surface area contributed by atoms with Gasteiger partial charge in [-0.05, 0) is 36.4 Å². The van der Waals surface area contributed by atoms with Crippen LogP contribution >= 0.6 is 0 Å². The van der Waals surface area contributed by atoms with Crippen molar-refractivity contribution in [1.29, 1.82) is 0 Å². The molecule has 0 aliphatic carbocycles. The molecular weight excluding hydrogens is 259 g/mol. The molecule has 0 bridgehead atoms. The van der Waals surface area contributed by atoms with Crippen molar-refractivity contribution in [1.82, 2.24) is 0 Å². The highest BCUT2D eigenvalue weighted by molar-refractivity contribution is 6.04. The zero-order valence-electron chi connectivity index (χ0n) is 11.2. The van der Waals surface area contributed by atoms with Gasteiger partial charge in [-0.25, -0.2) is 4.39 Å². The van der Waals surface area contributed by atoms with E-state index in [4.69, 9.17) is 5.11 Å². The Bertz CT molecular complexity index is 624. The Hall–Kier alpha value is -2.56. The van der Waals surface area contributed by atoms with E-state index in [-0.39, 0.29) is 11.3 Å². The monoisotopic (exact) mass is 274 g/mol. The summed E-state index contributed by atoms with van der Waals surface area (Å²) in [6.45, 7) is 0. The van der Waals surface area contributed by atoms with Gasteiger partial charge in [0.25, 0.3) is 5.91 Å². The Labute approximate surface area is 116 Å². The van der Waals surface area contributed by atoms with Crippen molar-refractivity contribution < 1.29 is 14.3 Å². The summed E-state index contributed by atoms with van der Waals surface area (Å²) in [4.78, 5) is 13.9. The molecule has 2 aromatic rings. The minimum Gasteiger partial charge on any atom is -0.508 e. The molecule has 2 aromatic carbocycles. The van der Waals surface area contributed by atoms with Crippen LogP contribution in [0.3, 0.4) is 0 Å². The number of benzene rings is 2. The number of anilines is 2. The van der Waals surface area contributed by atoms with Gasteiger partial charge >= 0.3 is 0 Å². The van der Waals surface area contributed by atoms with Crippen LogP contribution in [-0.4, -0.2) is 25.1 Å². The van der Waals surface area contributed by atoms with Crippen molar-refractivity contribution >= 4 is 17.3 Å². The van der Waals surface area contributed by atoms with Crippen LogP contribution in [0.5, 0.6) is 5.75 Å². The Kier molecular flexibility index (Phi) is 3.89. The lowest BCUT2D eigenvalue weighted by Gasteiger charge is -2.13. The van der Waals surface area contributed by atoms with Crippen LogP contribution in [0.4, 0.5) is 15.8 Å². The number of aromatic hydroxyl groups is 1. The fraction of sp³-hybridized carbons (Fsp3) is 0.133. The average Bonchev–Trinajstić information content (AvgIpc) is 2.39. The summed E-state index contributed by atoms with van der Waals surface area (Å²) in [5, 5.41) is 11.7. The summed E-state index contributed by atoms with van der Waals surface area (Å²) in [5.74, 6) is -1.53. The van der Waals surface area contributed by atoms with E-state index in [0.29, 0.717) is 5.69 Å². The molecule has 5 heteroatoms. The van der Waals surface area contributed by atoms with Gasteiger partial charge in [-0.2, -0.15) is 0 Å². The number of hydrogen-bond donors (Lipinski definition) is 2. The summed E-state index contributed by atoms with van der Waals surface area (Å²) < 4.78 is 13.5. The van der Waals surface area contributed by atoms with E-state index in [1.807, 2.05) is 31.1 Å². The lowest BCUT2D eigenvalue weighted by Crippen LogP contribution is -2.14. The molecule has 0 unspecified atom stereocenters. The largest absolute Gasteiger partial charge is 0.508 e. The predicted molar refractivity (Wildman–Crippen MR) is 76.8 cm³/mol. The first-order valence-corrected chi connectivity index (χ1v) is 6.04. The molecule has 0 aliphatic heterocycles. The van der Waals surface area contributed by atoms with Crippen molar-refractivity contribution in [2.75, 3.05) is 24.3 Å². The quantitative estimate of drug-likeness (QED) is 0.905. The Balaban J connectivity index is 2.15. The van der Waals surface area contributed by atoms with Crippen molar-refractivity contribution in [2.45, 2.75) is 0 Å². The van der Waals surface area contributed by atoms with Crippen LogP contribution < -0.4 is 10.2 Å². The number of hydrogen-bond acceptors (Lipinski definition) is 3. The second kappa shape index (κ2) is 5.61. The maximum absolute atomic E-state index is 13.5. The Morgan fingerprint density at radius 2 is 1.80 bits per heavy atom. The highest BCUT2D eigenvalue weighted by Gasteiger charge is 2.12. The minimum atomic E-state index is -0.757. The van der Waals surface area contributed by atoms with Crippen LogP contribution in [0.25, 0.3) is 0 Å². The van der Waals surface area contributed by atoms with Crippen LogP contribution in [0, 0.1) is 5.82 Å². The Morgan fingerprint density at radius 1 is 1.15 bits per heavy atom. The zero-order chi connectivity index (χ0) is 14.7. The second-order valence-electron chi connectivity index (χ2n) is 4.56. The molecule has 0 saturated heterocycles. The smallest absolute Gasteiger partial charge is 0.258 e. The molecule has 0 radical (unpaired) electrons. The topological polar surface area (TPSA) is 52.6 Å². The Morgan fingerprint density at radius 3 is 2.35 bits per heavy atom. The molecule has 104 valence electrons. The van der Waals surface area contributed by atoms with Crippen molar-refractivity contribution in [2.24, 2.45) is 0 Å². The molecule has 4 nitrogen and oxygen atoms in total. The molecule has 2 N–H and O–H groups in total. The summed E-state index contributed by atoms with van der Waals surface area (Å²) >= 11 is 0. The van der Waals surface area contributed by atoms with E-state index < -0.39 is 11.7 Å². The van der Waals surface area contributed by atoms with Crippen LogP contribution in [-0.2, 0) is 0 Å². The van der Waals surface area contributed by atoms with Crippen molar-refractivity contribution in [3.8, 4) is 5.75 Å². The van der Waals surface area contributed by atoms with Gasteiger partial charge in [0.2, 0.25) is 0 Å². The SMILES string of the molecule is CN(C)c1ccc(NC(=O)c2ccc(O)cc2F)cc1. The fourth-order valence-corrected chi connectivity index (χ4v) is 1.73. The van der Waals surface area contributed by atoms with Gasteiger partial charge in [-0.1, -0.05) is 0 Å². The number of amides is 1. The van der Waals surface area contributed by atoms with Gasteiger partial charge in [0.15, 0.2) is 0 Å². The number of carbonyl (C=O) groups excluding carboxylic acids is 1. The normalized spacial score (nSPS) is 10.2. The minimum absolute atomic E-state index is 0.112. The molecule has 0 heterocycles. The highest BCUT2D eigenvalue weighted by Crippen LogP contribution is 2.19. The van der Waals surface area contributed by atoms with Gasteiger partial charge < -0.3 is 15.3 Å². The van der Waals surface area contributed by atoms with Gasteiger partial charge in [0.05, 0.1) is 5.56 Å². The third-order valence-electron chi connectivity index (χ3n) is 2.84. The number of nitrogens with one attached hydrogen (secondary N) is 1. The van der Waals surface area contributed by atoms with E-state index in [1.54, 1.807) is 12.1 Å². The second-order valence-corrected chi connectivity index (χ2v) is 4.56. The molecule has 0 aromatic heterocycles. The lowest BCUT2D eigenvalue weighted by atomic mass is 10.2. The number of carbonyl (C=O) groups is 1. The molecule has 0 saturated carbocycles. The summed E-state index contributed by atoms with van der Waals surface area (Å²) in [6, 6.07) is 10.6. The van der Waals surface area contributed by atoms with E-state index in [9.17, 15) is 9.18 Å². The van der Waals surface area contributed by atoms with Gasteiger partial charge in [0, 0.05) is 31.5 Å². The predicted octanol–water partition coefficient (Wildman–Crippen LogP) is 2.85. The lowest BCUT2D eigenvalue weighted by molar-refractivity contribution is 0.102. The average molecular weight is 274 g/mol. The standard InChI is InChI=1S/C15H15FN2O2/c1-18(2)11-5-3-10(4-6-11)17-15(20)13-8-7-12(19)9-14(13)16/h3-9,19H,1-2H3,(H,17,20). The van der Waals surface area contributed by atoms with Crippen molar-refractivity contribution in [3.63, 3.8) is 0 Å². The maximum Gasteiger partial charge on any atom is 0.258 e. The van der Waals surface area contributed by atoms with Crippen molar-refractivity contribution in [3.05, 3.63) is 53.8 Å². The fourth-order valence-electron chi connectivity index (χ4n) is 1.73. The molecule has 2 rings (SSSR count). The molecule has 0 fully saturated rings. The molecule has 0 atom stereocenters. The summed E-state index contributed by atoms with van der Waals surface area (Å²) in [6.07, 6.45) is 0. The third kappa shape index (κ3) is 3.06. The number of rotatable bonds is 3. The molecular formula is C15H15FN2O2. The van der Waals surface area contributed by atoms with Crippen LogP contribution in [0.1, 0.15) is 10.4 Å². The first-order chi connectivity index (χ1) is 9.47. The molecule has 0 aliphatic rings. The maximum atomic E-state index is 13.5. The first kappa shape index (κ1) is 13.9. The zero-order valence-corrected chi connectivity index (χ0v) is 11.2. The summed E-state index contributed by atoms with van der Waals surface area (Å²) in [7, 11) is 3.83. The molecule has 0 spiro atoms. The number of nitrogens with zero attached hydrogens (tertiary/aromatic N) is 1. The number of phenolic OH excluding ortho intramolecular Hbond substituents is 1. The number of halogens is 1. The third-order valence-corrected chi connectivity index (χ3v) is 2.84. The van der Waals surface area contributed by atoms with Crippen LogP contribution in [0.15, 0.2) is 42.5 Å².